The molecule has 3 rings (SSSR count). The molecular weight excluding hydrogens is 266 g/mol. The minimum Gasteiger partial charge on any atom is -0.458 e. The molecule has 0 saturated carbocycles. The number of carbonyl (C=O) groups is 1. The van der Waals surface area contributed by atoms with Crippen molar-refractivity contribution in [2.45, 2.75) is 19.1 Å². The van der Waals surface area contributed by atoms with Crippen LogP contribution in [0.5, 0.6) is 0 Å². The number of carbonyl (C=O) groups excluding carboxylic acids is 1. The van der Waals surface area contributed by atoms with Gasteiger partial charge in [-0.25, -0.2) is 4.79 Å². The van der Waals surface area contributed by atoms with Crippen molar-refractivity contribution in [1.82, 2.24) is 0 Å². The van der Waals surface area contributed by atoms with E-state index in [1.54, 1.807) is 0 Å². The number of benzene rings is 2. The third-order valence-corrected chi connectivity index (χ3v) is 3.26. The van der Waals surface area contributed by atoms with Crippen molar-refractivity contribution in [2.24, 2.45) is 5.16 Å². The van der Waals surface area contributed by atoms with Crippen LogP contribution >= 0.6 is 0 Å². The summed E-state index contributed by atoms with van der Waals surface area (Å²) in [6.45, 7) is 0.250. The lowest BCUT2D eigenvalue weighted by atomic mass is 10.1. The maximum absolute atomic E-state index is 12.0. The first-order valence-electron chi connectivity index (χ1n) is 6.81. The van der Waals surface area contributed by atoms with E-state index in [2.05, 4.69) is 5.16 Å². The zero-order valence-electron chi connectivity index (χ0n) is 11.4. The van der Waals surface area contributed by atoms with Gasteiger partial charge in [-0.3, -0.25) is 0 Å². The molecule has 0 bridgehead atoms. The Morgan fingerprint density at radius 3 is 2.48 bits per heavy atom. The lowest BCUT2D eigenvalue weighted by Crippen LogP contribution is -2.23. The molecule has 1 heterocycles. The molecule has 0 N–H and O–H groups in total. The number of oxime groups is 1. The van der Waals surface area contributed by atoms with Crippen LogP contribution in [-0.4, -0.2) is 17.8 Å². The Hall–Kier alpha value is -2.62. The van der Waals surface area contributed by atoms with Crippen molar-refractivity contribution in [1.29, 1.82) is 0 Å². The molecule has 0 radical (unpaired) electrons. The number of rotatable bonds is 4. The van der Waals surface area contributed by atoms with Crippen molar-refractivity contribution >= 4 is 11.7 Å². The normalized spacial score (nSPS) is 17.0. The fourth-order valence-electron chi connectivity index (χ4n) is 2.13. The van der Waals surface area contributed by atoms with Gasteiger partial charge in [0.15, 0.2) is 0 Å². The summed E-state index contributed by atoms with van der Waals surface area (Å²) in [5, 5.41) is 3.98. The Labute approximate surface area is 123 Å². The first-order valence-corrected chi connectivity index (χ1v) is 6.81. The van der Waals surface area contributed by atoms with Crippen LogP contribution in [0.15, 0.2) is 65.8 Å². The number of ether oxygens (including phenoxy) is 1. The van der Waals surface area contributed by atoms with E-state index in [1.807, 2.05) is 60.7 Å². The van der Waals surface area contributed by atoms with Gasteiger partial charge in [-0.2, -0.15) is 0 Å². The Morgan fingerprint density at radius 1 is 1.10 bits per heavy atom. The highest BCUT2D eigenvalue weighted by atomic mass is 16.7. The maximum Gasteiger partial charge on any atom is 0.350 e. The summed E-state index contributed by atoms with van der Waals surface area (Å²) in [4.78, 5) is 17.2. The minimum atomic E-state index is -0.649. The number of nitrogens with zero attached hydrogens (tertiary/aromatic N) is 1. The van der Waals surface area contributed by atoms with Crippen LogP contribution in [0.1, 0.15) is 17.5 Å². The van der Waals surface area contributed by atoms with Crippen LogP contribution in [0.4, 0.5) is 0 Å². The minimum absolute atomic E-state index is 0.250. The highest BCUT2D eigenvalue weighted by Crippen LogP contribution is 2.18. The summed E-state index contributed by atoms with van der Waals surface area (Å²) in [5.74, 6) is -0.381. The number of hydrogen-bond acceptors (Lipinski definition) is 4. The lowest BCUT2D eigenvalue weighted by molar-refractivity contribution is -0.156. The summed E-state index contributed by atoms with van der Waals surface area (Å²) in [5.41, 5.74) is 2.70. The van der Waals surface area contributed by atoms with Gasteiger partial charge in [0.05, 0.1) is 5.71 Å². The average Bonchev–Trinajstić information content (AvgIpc) is 3.04. The fourth-order valence-corrected chi connectivity index (χ4v) is 2.13. The monoisotopic (exact) mass is 281 g/mol. The molecule has 4 nitrogen and oxygen atoms in total. The Bertz CT molecular complexity index is 638. The van der Waals surface area contributed by atoms with Crippen molar-refractivity contribution in [2.75, 3.05) is 0 Å². The van der Waals surface area contributed by atoms with Crippen molar-refractivity contribution < 1.29 is 14.4 Å². The van der Waals surface area contributed by atoms with Crippen molar-refractivity contribution in [3.05, 3.63) is 71.8 Å². The first-order chi connectivity index (χ1) is 10.3. The quantitative estimate of drug-likeness (QED) is 0.810. The van der Waals surface area contributed by atoms with E-state index in [1.165, 1.54) is 0 Å². The van der Waals surface area contributed by atoms with Gasteiger partial charge in [-0.15, -0.1) is 0 Å². The largest absolute Gasteiger partial charge is 0.458 e. The zero-order valence-corrected chi connectivity index (χ0v) is 11.4. The molecule has 0 unspecified atom stereocenters. The van der Waals surface area contributed by atoms with Gasteiger partial charge in [0.2, 0.25) is 6.10 Å². The van der Waals surface area contributed by atoms with Gasteiger partial charge >= 0.3 is 5.97 Å². The Kier molecular flexibility index (Phi) is 3.96. The molecule has 106 valence electrons. The molecule has 2 aromatic rings. The van der Waals surface area contributed by atoms with E-state index in [4.69, 9.17) is 9.57 Å². The molecule has 1 atom stereocenters. The highest BCUT2D eigenvalue weighted by Gasteiger charge is 2.30. The molecule has 1 aliphatic heterocycles. The van der Waals surface area contributed by atoms with Gasteiger partial charge in [-0.1, -0.05) is 65.8 Å². The molecule has 21 heavy (non-hydrogen) atoms. The summed E-state index contributed by atoms with van der Waals surface area (Å²) in [7, 11) is 0. The summed E-state index contributed by atoms with van der Waals surface area (Å²) in [6, 6.07) is 19.2. The molecule has 4 heteroatoms. The van der Waals surface area contributed by atoms with E-state index < -0.39 is 6.10 Å². The van der Waals surface area contributed by atoms with Gasteiger partial charge in [0.25, 0.3) is 0 Å². The molecule has 0 fully saturated rings. The topological polar surface area (TPSA) is 47.9 Å². The number of esters is 1. The second-order valence-electron chi connectivity index (χ2n) is 4.80. The molecular formula is C17H15NO3. The molecule has 1 aliphatic rings. The van der Waals surface area contributed by atoms with E-state index in [0.29, 0.717) is 6.42 Å². The second kappa shape index (κ2) is 6.22. The lowest BCUT2D eigenvalue weighted by Gasteiger charge is -2.08. The second-order valence-corrected chi connectivity index (χ2v) is 4.80. The molecule has 0 aliphatic carbocycles. The Morgan fingerprint density at radius 2 is 1.76 bits per heavy atom. The smallest absolute Gasteiger partial charge is 0.350 e. The maximum atomic E-state index is 12.0. The summed E-state index contributed by atoms with van der Waals surface area (Å²) >= 11 is 0. The Balaban J connectivity index is 1.54. The molecule has 0 spiro atoms. The molecule has 2 aromatic carbocycles. The van der Waals surface area contributed by atoms with Crippen LogP contribution in [0, 0.1) is 0 Å². The SMILES string of the molecule is O=C(OCc1ccccc1)[C@@H]1CC(c2ccccc2)=NO1. The van der Waals surface area contributed by atoms with Crippen LogP contribution < -0.4 is 0 Å². The fraction of sp³-hybridized carbons (Fsp3) is 0.176. The van der Waals surface area contributed by atoms with E-state index in [-0.39, 0.29) is 12.6 Å². The van der Waals surface area contributed by atoms with E-state index in [9.17, 15) is 4.79 Å². The van der Waals surface area contributed by atoms with E-state index in [0.717, 1.165) is 16.8 Å². The van der Waals surface area contributed by atoms with Gasteiger partial charge < -0.3 is 9.57 Å². The highest BCUT2D eigenvalue weighted by molar-refractivity contribution is 6.03. The molecule has 0 amide bonds. The van der Waals surface area contributed by atoms with Gasteiger partial charge in [0, 0.05) is 6.42 Å². The zero-order chi connectivity index (χ0) is 14.5. The molecule has 0 saturated heterocycles. The number of hydrogen-bond donors (Lipinski definition) is 0. The third-order valence-electron chi connectivity index (χ3n) is 3.26. The summed E-state index contributed by atoms with van der Waals surface area (Å²) in [6.07, 6.45) is -0.207. The third kappa shape index (κ3) is 3.28. The predicted octanol–water partition coefficient (Wildman–Crippen LogP) is 2.92. The van der Waals surface area contributed by atoms with Gasteiger partial charge in [0.1, 0.15) is 6.61 Å². The van der Waals surface area contributed by atoms with Crippen LogP contribution in [-0.2, 0) is 21.0 Å². The van der Waals surface area contributed by atoms with Crippen LogP contribution in [0.3, 0.4) is 0 Å². The predicted molar refractivity (Wildman–Crippen MR) is 78.7 cm³/mol. The standard InChI is InChI=1S/C17H15NO3/c19-17(20-12-13-7-3-1-4-8-13)16-11-15(18-21-16)14-9-5-2-6-10-14/h1-10,16H,11-12H2/t16-/m0/s1. The average molecular weight is 281 g/mol. The van der Waals surface area contributed by atoms with Crippen LogP contribution in [0.2, 0.25) is 0 Å². The van der Waals surface area contributed by atoms with Crippen LogP contribution in [0.25, 0.3) is 0 Å². The van der Waals surface area contributed by atoms with Crippen molar-refractivity contribution in [3.8, 4) is 0 Å². The molecule has 0 aromatic heterocycles. The van der Waals surface area contributed by atoms with E-state index >= 15 is 0 Å². The van der Waals surface area contributed by atoms with Crippen molar-refractivity contribution in [3.63, 3.8) is 0 Å². The first kappa shape index (κ1) is 13.4. The summed E-state index contributed by atoms with van der Waals surface area (Å²) < 4.78 is 5.26. The van der Waals surface area contributed by atoms with Gasteiger partial charge in [-0.05, 0) is 11.1 Å².